The van der Waals surface area contributed by atoms with Gasteiger partial charge in [0.1, 0.15) is 5.60 Å². The fourth-order valence-corrected chi connectivity index (χ4v) is 2.64. The van der Waals surface area contributed by atoms with E-state index in [9.17, 15) is 19.7 Å². The second-order valence-electron chi connectivity index (χ2n) is 6.83. The molecule has 144 valence electrons. The first-order valence-corrected chi connectivity index (χ1v) is 8.47. The molecule has 0 fully saturated rings. The molecule has 27 heavy (non-hydrogen) atoms. The molecule has 2 aromatic rings. The zero-order valence-electron chi connectivity index (χ0n) is 15.7. The second kappa shape index (κ2) is 8.03. The van der Waals surface area contributed by atoms with Crippen molar-refractivity contribution in [3.63, 3.8) is 0 Å². The second-order valence-corrected chi connectivity index (χ2v) is 6.83. The summed E-state index contributed by atoms with van der Waals surface area (Å²) in [5.74, 6) is -0.557. The normalized spacial score (nSPS) is 11.1. The van der Waals surface area contributed by atoms with Crippen molar-refractivity contribution < 1.29 is 24.0 Å². The van der Waals surface area contributed by atoms with Crippen molar-refractivity contribution in [2.75, 3.05) is 11.9 Å². The molecule has 0 saturated carbocycles. The number of nitrogens with zero attached hydrogens (tertiary/aromatic N) is 1. The van der Waals surface area contributed by atoms with Crippen LogP contribution in [0.5, 0.6) is 0 Å². The molecule has 0 aliphatic heterocycles. The lowest BCUT2D eigenvalue weighted by atomic mass is 9.98. The van der Waals surface area contributed by atoms with Gasteiger partial charge in [0.05, 0.1) is 23.6 Å². The number of ether oxygens (including phenoxy) is 2. The third-order valence-corrected chi connectivity index (χ3v) is 3.59. The van der Waals surface area contributed by atoms with Crippen LogP contribution in [0.25, 0.3) is 10.8 Å². The molecule has 8 heteroatoms. The molecule has 2 rings (SSSR count). The molecule has 0 radical (unpaired) electrons. The molecule has 0 bridgehead atoms. The highest BCUT2D eigenvalue weighted by molar-refractivity contribution is 6.04. The minimum absolute atomic E-state index is 0.183. The molecule has 0 aliphatic carbocycles. The van der Waals surface area contributed by atoms with E-state index in [-0.39, 0.29) is 30.0 Å². The van der Waals surface area contributed by atoms with Crippen LogP contribution in [0.15, 0.2) is 30.3 Å². The first-order chi connectivity index (χ1) is 12.6. The molecule has 0 aliphatic rings. The molecule has 8 nitrogen and oxygen atoms in total. The Balaban J connectivity index is 2.55. The number of carbonyl (C=O) groups is 2. The average molecular weight is 374 g/mol. The number of anilines is 1. The van der Waals surface area contributed by atoms with E-state index < -0.39 is 22.6 Å². The minimum atomic E-state index is -0.722. The summed E-state index contributed by atoms with van der Waals surface area (Å²) in [4.78, 5) is 35.0. The lowest BCUT2D eigenvalue weighted by Gasteiger charge is -2.20. The maximum atomic E-state index is 12.1. The lowest BCUT2D eigenvalue weighted by Crippen LogP contribution is -2.27. The number of esters is 1. The van der Waals surface area contributed by atoms with Gasteiger partial charge in [-0.1, -0.05) is 24.3 Å². The molecule has 0 unspecified atom stereocenters. The third kappa shape index (κ3) is 5.16. The van der Waals surface area contributed by atoms with Gasteiger partial charge in [0.2, 0.25) is 0 Å². The van der Waals surface area contributed by atoms with Crippen molar-refractivity contribution in [3.05, 3.63) is 46.0 Å². The van der Waals surface area contributed by atoms with Gasteiger partial charge in [0, 0.05) is 17.0 Å². The molecule has 0 saturated heterocycles. The number of benzene rings is 2. The van der Waals surface area contributed by atoms with Gasteiger partial charge in [0.15, 0.2) is 0 Å². The van der Waals surface area contributed by atoms with Crippen LogP contribution in [0.2, 0.25) is 0 Å². The van der Waals surface area contributed by atoms with E-state index in [1.54, 1.807) is 52.0 Å². The van der Waals surface area contributed by atoms with Crippen molar-refractivity contribution in [2.24, 2.45) is 0 Å². The molecule has 0 heterocycles. The number of carbonyl (C=O) groups excluding carboxylic acids is 2. The van der Waals surface area contributed by atoms with Gasteiger partial charge >= 0.3 is 12.1 Å². The van der Waals surface area contributed by atoms with Crippen LogP contribution >= 0.6 is 0 Å². The average Bonchev–Trinajstić information content (AvgIpc) is 2.55. The van der Waals surface area contributed by atoms with E-state index in [4.69, 9.17) is 9.47 Å². The van der Waals surface area contributed by atoms with Crippen LogP contribution in [0.1, 0.15) is 33.3 Å². The van der Waals surface area contributed by atoms with E-state index in [1.807, 2.05) is 0 Å². The third-order valence-electron chi connectivity index (χ3n) is 3.59. The van der Waals surface area contributed by atoms with Crippen molar-refractivity contribution in [2.45, 2.75) is 39.7 Å². The standard InChI is InChI=1S/C19H22N2O6/c1-5-26-17(22)10-14-12-8-6-7-9-13(12)15(11-16(14)21(24)25)20-18(23)27-19(2,3)4/h6-9,11H,5,10H2,1-4H3,(H,20,23). The number of fused-ring (bicyclic) bond motifs is 1. The summed E-state index contributed by atoms with van der Waals surface area (Å²) in [5, 5.41) is 15.2. The number of nitrogens with one attached hydrogen (secondary N) is 1. The Hall–Kier alpha value is -3.16. The van der Waals surface area contributed by atoms with Crippen molar-refractivity contribution in [1.29, 1.82) is 0 Å². The van der Waals surface area contributed by atoms with E-state index in [2.05, 4.69) is 5.32 Å². The number of rotatable bonds is 5. The number of hydrogen-bond donors (Lipinski definition) is 1. The van der Waals surface area contributed by atoms with Crippen LogP contribution in [-0.2, 0) is 20.7 Å². The lowest BCUT2D eigenvalue weighted by molar-refractivity contribution is -0.385. The molecule has 1 amide bonds. The topological polar surface area (TPSA) is 108 Å². The van der Waals surface area contributed by atoms with Crippen molar-refractivity contribution in [3.8, 4) is 0 Å². The SMILES string of the molecule is CCOC(=O)Cc1c([N+](=O)[O-])cc(NC(=O)OC(C)(C)C)c2ccccc12. The van der Waals surface area contributed by atoms with Crippen LogP contribution in [0.4, 0.5) is 16.2 Å². The molecule has 0 spiro atoms. The fraction of sp³-hybridized carbons (Fsp3) is 0.368. The predicted octanol–water partition coefficient (Wildman–Crippen LogP) is 4.20. The predicted molar refractivity (Wildman–Crippen MR) is 101 cm³/mol. The van der Waals surface area contributed by atoms with E-state index >= 15 is 0 Å². The van der Waals surface area contributed by atoms with Gasteiger partial charge < -0.3 is 9.47 Å². The van der Waals surface area contributed by atoms with Gasteiger partial charge in [-0.3, -0.25) is 20.2 Å². The van der Waals surface area contributed by atoms with Gasteiger partial charge in [-0.15, -0.1) is 0 Å². The quantitative estimate of drug-likeness (QED) is 0.477. The van der Waals surface area contributed by atoms with Crippen LogP contribution < -0.4 is 5.32 Å². The van der Waals surface area contributed by atoms with Crippen LogP contribution in [0, 0.1) is 10.1 Å². The Labute approximate surface area is 156 Å². The van der Waals surface area contributed by atoms with E-state index in [0.717, 1.165) is 0 Å². The highest BCUT2D eigenvalue weighted by atomic mass is 16.6. The highest BCUT2D eigenvalue weighted by Crippen LogP contribution is 2.35. The zero-order chi connectivity index (χ0) is 20.2. The molecular formula is C19H22N2O6. The summed E-state index contributed by atoms with van der Waals surface area (Å²) in [7, 11) is 0. The van der Waals surface area contributed by atoms with Gasteiger partial charge in [0.25, 0.3) is 5.69 Å². The summed E-state index contributed by atoms with van der Waals surface area (Å²) < 4.78 is 10.2. The summed E-state index contributed by atoms with van der Waals surface area (Å²) >= 11 is 0. The van der Waals surface area contributed by atoms with Gasteiger partial charge in [-0.05, 0) is 33.1 Å². The fourth-order valence-electron chi connectivity index (χ4n) is 2.64. The monoisotopic (exact) mass is 374 g/mol. The summed E-state index contributed by atoms with van der Waals surface area (Å²) in [6.45, 7) is 7.00. The molecular weight excluding hydrogens is 352 g/mol. The maximum Gasteiger partial charge on any atom is 0.412 e. The minimum Gasteiger partial charge on any atom is -0.466 e. The van der Waals surface area contributed by atoms with E-state index in [0.29, 0.717) is 10.8 Å². The molecule has 0 atom stereocenters. The number of nitro benzene ring substituents is 1. The number of hydrogen-bond acceptors (Lipinski definition) is 6. The zero-order valence-corrected chi connectivity index (χ0v) is 15.7. The summed E-state index contributed by atoms with van der Waals surface area (Å²) in [6.07, 6.45) is -0.961. The molecule has 1 N–H and O–H groups in total. The smallest absolute Gasteiger partial charge is 0.412 e. The number of amides is 1. The van der Waals surface area contributed by atoms with Crippen molar-refractivity contribution >= 4 is 34.2 Å². The Bertz CT molecular complexity index is 886. The van der Waals surface area contributed by atoms with Gasteiger partial charge in [-0.25, -0.2) is 4.79 Å². The van der Waals surface area contributed by atoms with Crippen molar-refractivity contribution in [1.82, 2.24) is 0 Å². The van der Waals surface area contributed by atoms with Crippen LogP contribution in [0.3, 0.4) is 0 Å². The van der Waals surface area contributed by atoms with E-state index in [1.165, 1.54) is 6.07 Å². The largest absolute Gasteiger partial charge is 0.466 e. The maximum absolute atomic E-state index is 12.1. The number of nitro groups is 1. The first kappa shape index (κ1) is 20.2. The Kier molecular flexibility index (Phi) is 5.99. The highest BCUT2D eigenvalue weighted by Gasteiger charge is 2.24. The summed E-state index contributed by atoms with van der Waals surface area (Å²) in [5.41, 5.74) is -0.508. The Morgan fingerprint density at radius 3 is 2.37 bits per heavy atom. The summed E-state index contributed by atoms with van der Waals surface area (Å²) in [6, 6.07) is 8.05. The Morgan fingerprint density at radius 1 is 1.19 bits per heavy atom. The first-order valence-electron chi connectivity index (χ1n) is 8.47. The molecule has 2 aromatic carbocycles. The Morgan fingerprint density at radius 2 is 1.81 bits per heavy atom. The van der Waals surface area contributed by atoms with Gasteiger partial charge in [-0.2, -0.15) is 0 Å². The van der Waals surface area contributed by atoms with Crippen LogP contribution in [-0.4, -0.2) is 29.2 Å². The molecule has 0 aromatic heterocycles.